The maximum atomic E-state index is 10.3. The van der Waals surface area contributed by atoms with Crippen LogP contribution >= 0.6 is 0 Å². The molecule has 0 amide bonds. The standard InChI is InChI=1S/C15H24N2O/c1-2-17(10-12-5-3-6-12)11-15(18)13-7-4-8-14(16)9-13/h4,7-9,12,15,18H,2-3,5-6,10-11,16H2,1H3. The Morgan fingerprint density at radius 3 is 2.78 bits per heavy atom. The van der Waals surface area contributed by atoms with E-state index < -0.39 is 6.10 Å². The number of hydrogen-bond acceptors (Lipinski definition) is 3. The lowest BCUT2D eigenvalue weighted by Crippen LogP contribution is -2.35. The van der Waals surface area contributed by atoms with Crippen LogP contribution in [0.25, 0.3) is 0 Å². The highest BCUT2D eigenvalue weighted by molar-refractivity contribution is 5.41. The normalized spacial score (nSPS) is 17.7. The number of nitrogens with zero attached hydrogens (tertiary/aromatic N) is 1. The predicted octanol–water partition coefficient (Wildman–Crippen LogP) is 2.42. The second kappa shape index (κ2) is 6.21. The van der Waals surface area contributed by atoms with Crippen molar-refractivity contribution in [2.24, 2.45) is 5.92 Å². The van der Waals surface area contributed by atoms with Crippen LogP contribution in [-0.4, -0.2) is 29.6 Å². The van der Waals surface area contributed by atoms with Gasteiger partial charge in [-0.1, -0.05) is 25.5 Å². The van der Waals surface area contributed by atoms with Crippen LogP contribution in [0, 0.1) is 5.92 Å². The molecule has 18 heavy (non-hydrogen) atoms. The minimum Gasteiger partial charge on any atom is -0.399 e. The van der Waals surface area contributed by atoms with Gasteiger partial charge in [-0.15, -0.1) is 0 Å². The average Bonchev–Trinajstić information content (AvgIpc) is 2.31. The molecule has 1 aromatic rings. The van der Waals surface area contributed by atoms with E-state index in [2.05, 4.69) is 11.8 Å². The molecule has 0 bridgehead atoms. The topological polar surface area (TPSA) is 49.5 Å². The SMILES string of the molecule is CCN(CC1CCC1)CC(O)c1cccc(N)c1. The van der Waals surface area contributed by atoms with Crippen molar-refractivity contribution in [3.8, 4) is 0 Å². The first-order valence-corrected chi connectivity index (χ1v) is 6.95. The van der Waals surface area contributed by atoms with Crippen LogP contribution in [0.1, 0.15) is 37.9 Å². The fourth-order valence-corrected chi connectivity index (χ4v) is 2.49. The average molecular weight is 248 g/mol. The maximum Gasteiger partial charge on any atom is 0.0917 e. The van der Waals surface area contributed by atoms with E-state index in [1.165, 1.54) is 19.3 Å². The lowest BCUT2D eigenvalue weighted by atomic mass is 9.85. The molecule has 1 unspecified atom stereocenters. The fourth-order valence-electron chi connectivity index (χ4n) is 2.49. The van der Waals surface area contributed by atoms with Gasteiger partial charge in [0.25, 0.3) is 0 Å². The van der Waals surface area contributed by atoms with E-state index in [-0.39, 0.29) is 0 Å². The van der Waals surface area contributed by atoms with Crippen molar-refractivity contribution in [1.82, 2.24) is 4.90 Å². The molecule has 3 heteroatoms. The quantitative estimate of drug-likeness (QED) is 0.760. The second-order valence-electron chi connectivity index (χ2n) is 5.34. The zero-order valence-electron chi connectivity index (χ0n) is 11.2. The first-order chi connectivity index (χ1) is 8.69. The Morgan fingerprint density at radius 1 is 1.44 bits per heavy atom. The van der Waals surface area contributed by atoms with E-state index in [0.717, 1.165) is 24.6 Å². The number of aliphatic hydroxyl groups is 1. The van der Waals surface area contributed by atoms with Gasteiger partial charge in [0.05, 0.1) is 6.10 Å². The molecule has 0 aliphatic heterocycles. The largest absolute Gasteiger partial charge is 0.399 e. The lowest BCUT2D eigenvalue weighted by Gasteiger charge is -2.32. The number of hydrogen-bond donors (Lipinski definition) is 2. The van der Waals surface area contributed by atoms with Crippen molar-refractivity contribution in [2.75, 3.05) is 25.4 Å². The summed E-state index contributed by atoms with van der Waals surface area (Å²) in [6, 6.07) is 7.55. The van der Waals surface area contributed by atoms with E-state index in [1.54, 1.807) is 0 Å². The molecule has 2 rings (SSSR count). The van der Waals surface area contributed by atoms with Gasteiger partial charge in [0.2, 0.25) is 0 Å². The van der Waals surface area contributed by atoms with Gasteiger partial charge >= 0.3 is 0 Å². The van der Waals surface area contributed by atoms with Gasteiger partial charge in [0, 0.05) is 18.8 Å². The smallest absolute Gasteiger partial charge is 0.0917 e. The maximum absolute atomic E-state index is 10.3. The number of nitrogen functional groups attached to an aromatic ring is 1. The minimum atomic E-state index is -0.437. The highest BCUT2D eigenvalue weighted by Gasteiger charge is 2.21. The van der Waals surface area contributed by atoms with Crippen molar-refractivity contribution in [2.45, 2.75) is 32.3 Å². The summed E-state index contributed by atoms with van der Waals surface area (Å²) < 4.78 is 0. The molecule has 100 valence electrons. The fraction of sp³-hybridized carbons (Fsp3) is 0.600. The molecule has 0 radical (unpaired) electrons. The van der Waals surface area contributed by atoms with Crippen molar-refractivity contribution in [3.63, 3.8) is 0 Å². The predicted molar refractivity (Wildman–Crippen MR) is 75.3 cm³/mol. The number of benzene rings is 1. The van der Waals surface area contributed by atoms with Crippen LogP contribution in [0.5, 0.6) is 0 Å². The van der Waals surface area contributed by atoms with Crippen LogP contribution < -0.4 is 5.73 Å². The monoisotopic (exact) mass is 248 g/mol. The van der Waals surface area contributed by atoms with Crippen LogP contribution in [0.2, 0.25) is 0 Å². The zero-order chi connectivity index (χ0) is 13.0. The Morgan fingerprint density at radius 2 is 2.22 bits per heavy atom. The van der Waals surface area contributed by atoms with Gasteiger partial charge in [0.15, 0.2) is 0 Å². The molecule has 0 heterocycles. The molecule has 1 saturated carbocycles. The Labute approximate surface area is 110 Å². The molecule has 3 nitrogen and oxygen atoms in total. The summed E-state index contributed by atoms with van der Waals surface area (Å²) in [5.74, 6) is 0.845. The third-order valence-electron chi connectivity index (χ3n) is 3.91. The Kier molecular flexibility index (Phi) is 4.61. The van der Waals surface area contributed by atoms with E-state index in [4.69, 9.17) is 5.73 Å². The summed E-state index contributed by atoms with van der Waals surface area (Å²) >= 11 is 0. The van der Waals surface area contributed by atoms with Crippen molar-refractivity contribution in [3.05, 3.63) is 29.8 Å². The molecule has 1 aliphatic carbocycles. The van der Waals surface area contributed by atoms with Crippen molar-refractivity contribution in [1.29, 1.82) is 0 Å². The van der Waals surface area contributed by atoms with Gasteiger partial charge < -0.3 is 15.7 Å². The molecular formula is C15H24N2O. The Bertz CT molecular complexity index is 377. The Hall–Kier alpha value is -1.06. The van der Waals surface area contributed by atoms with E-state index in [1.807, 2.05) is 24.3 Å². The van der Waals surface area contributed by atoms with Gasteiger partial charge in [-0.2, -0.15) is 0 Å². The van der Waals surface area contributed by atoms with E-state index in [9.17, 15) is 5.11 Å². The summed E-state index contributed by atoms with van der Waals surface area (Å²) in [6.07, 6.45) is 3.64. The summed E-state index contributed by atoms with van der Waals surface area (Å²) in [5.41, 5.74) is 7.38. The molecule has 3 N–H and O–H groups in total. The van der Waals surface area contributed by atoms with Crippen LogP contribution in [0.4, 0.5) is 5.69 Å². The number of anilines is 1. The number of nitrogens with two attached hydrogens (primary N) is 1. The van der Waals surface area contributed by atoms with Crippen LogP contribution in [0.15, 0.2) is 24.3 Å². The minimum absolute atomic E-state index is 0.437. The van der Waals surface area contributed by atoms with Gasteiger partial charge in [-0.25, -0.2) is 0 Å². The molecule has 1 fully saturated rings. The number of aliphatic hydroxyl groups excluding tert-OH is 1. The van der Waals surface area contributed by atoms with Gasteiger partial charge in [0.1, 0.15) is 0 Å². The van der Waals surface area contributed by atoms with Crippen LogP contribution in [-0.2, 0) is 0 Å². The summed E-state index contributed by atoms with van der Waals surface area (Å²) in [6.45, 7) is 4.98. The highest BCUT2D eigenvalue weighted by atomic mass is 16.3. The summed E-state index contributed by atoms with van der Waals surface area (Å²) in [5, 5.41) is 10.3. The van der Waals surface area contributed by atoms with Crippen molar-refractivity contribution >= 4 is 5.69 Å². The lowest BCUT2D eigenvalue weighted by molar-refractivity contribution is 0.0941. The summed E-state index contributed by atoms with van der Waals surface area (Å²) in [7, 11) is 0. The molecule has 1 atom stereocenters. The third-order valence-corrected chi connectivity index (χ3v) is 3.91. The van der Waals surface area contributed by atoms with E-state index in [0.29, 0.717) is 12.2 Å². The molecule has 0 saturated heterocycles. The zero-order valence-corrected chi connectivity index (χ0v) is 11.2. The first-order valence-electron chi connectivity index (χ1n) is 6.95. The number of likely N-dealkylation sites (N-methyl/N-ethyl adjacent to an activating group) is 1. The molecule has 1 aromatic carbocycles. The summed E-state index contributed by atoms with van der Waals surface area (Å²) in [4.78, 5) is 2.34. The first kappa shape index (κ1) is 13.4. The molecule has 0 aromatic heterocycles. The van der Waals surface area contributed by atoms with Crippen LogP contribution in [0.3, 0.4) is 0 Å². The molecule has 0 spiro atoms. The Balaban J connectivity index is 1.89. The van der Waals surface area contributed by atoms with Gasteiger partial charge in [-0.05, 0) is 43.0 Å². The molecular weight excluding hydrogens is 224 g/mol. The molecule has 1 aliphatic rings. The third kappa shape index (κ3) is 3.47. The van der Waals surface area contributed by atoms with E-state index >= 15 is 0 Å². The highest BCUT2D eigenvalue weighted by Crippen LogP contribution is 2.27. The van der Waals surface area contributed by atoms with Crippen molar-refractivity contribution < 1.29 is 5.11 Å². The second-order valence-corrected chi connectivity index (χ2v) is 5.34. The van der Waals surface area contributed by atoms with Gasteiger partial charge in [-0.3, -0.25) is 0 Å². The number of rotatable bonds is 6.